The van der Waals surface area contributed by atoms with Gasteiger partial charge in [-0.2, -0.15) is 0 Å². The van der Waals surface area contributed by atoms with E-state index in [1.165, 1.54) is 25.7 Å². The van der Waals surface area contributed by atoms with Crippen LogP contribution in [0, 0.1) is 0 Å². The molecule has 0 bridgehead atoms. The van der Waals surface area contributed by atoms with Crippen molar-refractivity contribution in [3.05, 3.63) is 0 Å². The molecule has 3 atom stereocenters. The van der Waals surface area contributed by atoms with Gasteiger partial charge in [-0.15, -0.1) is 0 Å². The fourth-order valence-corrected chi connectivity index (χ4v) is 2.60. The smallest absolute Gasteiger partial charge is 0.0693 e. The Morgan fingerprint density at radius 1 is 1.07 bits per heavy atom. The van der Waals surface area contributed by atoms with Crippen LogP contribution in [0.4, 0.5) is 0 Å². The molecule has 3 unspecified atom stereocenters. The number of aliphatic hydroxyl groups is 1. The highest BCUT2D eigenvalue weighted by Crippen LogP contribution is 2.19. The molecule has 14 heavy (non-hydrogen) atoms. The standard InChI is InChI=1S/C11H22N2O/c14-11-6-2-1-5-10(11)13-9-4-3-7-12-8-9/h9-14H,1-8H2. The average molecular weight is 198 g/mol. The molecule has 1 aliphatic heterocycles. The van der Waals surface area contributed by atoms with Crippen LogP contribution in [0.5, 0.6) is 0 Å². The van der Waals surface area contributed by atoms with Crippen molar-refractivity contribution in [3.8, 4) is 0 Å². The van der Waals surface area contributed by atoms with Crippen molar-refractivity contribution in [2.45, 2.75) is 56.7 Å². The van der Waals surface area contributed by atoms with Crippen LogP contribution in [-0.2, 0) is 0 Å². The first-order valence-electron chi connectivity index (χ1n) is 6.01. The molecule has 3 heteroatoms. The van der Waals surface area contributed by atoms with E-state index < -0.39 is 0 Å². The van der Waals surface area contributed by atoms with E-state index in [1.807, 2.05) is 0 Å². The summed E-state index contributed by atoms with van der Waals surface area (Å²) in [6.45, 7) is 2.23. The summed E-state index contributed by atoms with van der Waals surface area (Å²) in [4.78, 5) is 0. The molecule has 0 aromatic heterocycles. The maximum atomic E-state index is 9.82. The lowest BCUT2D eigenvalue weighted by Crippen LogP contribution is -2.52. The zero-order valence-corrected chi connectivity index (χ0v) is 8.84. The van der Waals surface area contributed by atoms with E-state index in [2.05, 4.69) is 10.6 Å². The maximum absolute atomic E-state index is 9.82. The highest BCUT2D eigenvalue weighted by molar-refractivity contribution is 4.85. The van der Waals surface area contributed by atoms with Gasteiger partial charge in [0.2, 0.25) is 0 Å². The van der Waals surface area contributed by atoms with Crippen LogP contribution in [0.2, 0.25) is 0 Å². The van der Waals surface area contributed by atoms with Crippen LogP contribution in [0.3, 0.4) is 0 Å². The molecule has 1 saturated heterocycles. The van der Waals surface area contributed by atoms with E-state index in [0.29, 0.717) is 12.1 Å². The molecule has 0 amide bonds. The topological polar surface area (TPSA) is 44.3 Å². The summed E-state index contributed by atoms with van der Waals surface area (Å²) < 4.78 is 0. The quantitative estimate of drug-likeness (QED) is 0.610. The highest BCUT2D eigenvalue weighted by Gasteiger charge is 2.25. The van der Waals surface area contributed by atoms with E-state index >= 15 is 0 Å². The molecule has 0 aromatic rings. The molecule has 0 radical (unpaired) electrons. The van der Waals surface area contributed by atoms with Crippen molar-refractivity contribution >= 4 is 0 Å². The maximum Gasteiger partial charge on any atom is 0.0693 e. The Morgan fingerprint density at radius 3 is 2.64 bits per heavy atom. The summed E-state index contributed by atoms with van der Waals surface area (Å²) in [5.74, 6) is 0. The van der Waals surface area contributed by atoms with Crippen LogP contribution in [0.25, 0.3) is 0 Å². The molecule has 0 spiro atoms. The van der Waals surface area contributed by atoms with Crippen LogP contribution >= 0.6 is 0 Å². The Kier molecular flexibility index (Phi) is 3.79. The van der Waals surface area contributed by atoms with Gasteiger partial charge in [-0.3, -0.25) is 0 Å². The lowest BCUT2D eigenvalue weighted by molar-refractivity contribution is 0.0827. The van der Waals surface area contributed by atoms with Gasteiger partial charge in [0.15, 0.2) is 0 Å². The molecule has 3 N–H and O–H groups in total. The molecule has 1 aliphatic carbocycles. The van der Waals surface area contributed by atoms with Gasteiger partial charge in [0.05, 0.1) is 6.10 Å². The third kappa shape index (κ3) is 2.69. The van der Waals surface area contributed by atoms with E-state index in [4.69, 9.17) is 0 Å². The predicted octanol–water partition coefficient (Wildman–Crippen LogP) is 0.631. The van der Waals surface area contributed by atoms with E-state index in [0.717, 1.165) is 25.9 Å². The lowest BCUT2D eigenvalue weighted by atomic mass is 9.91. The molecular weight excluding hydrogens is 176 g/mol. The Bertz CT molecular complexity index is 169. The van der Waals surface area contributed by atoms with Gasteiger partial charge in [-0.1, -0.05) is 12.8 Å². The Morgan fingerprint density at radius 2 is 1.93 bits per heavy atom. The predicted molar refractivity (Wildman–Crippen MR) is 57.3 cm³/mol. The zero-order chi connectivity index (χ0) is 9.80. The van der Waals surface area contributed by atoms with Crippen molar-refractivity contribution in [3.63, 3.8) is 0 Å². The number of piperidine rings is 1. The van der Waals surface area contributed by atoms with Crippen molar-refractivity contribution < 1.29 is 5.11 Å². The molecule has 3 nitrogen and oxygen atoms in total. The fraction of sp³-hybridized carbons (Fsp3) is 1.00. The molecular formula is C11H22N2O. The summed E-state index contributed by atoms with van der Waals surface area (Å²) in [6, 6.07) is 0.940. The van der Waals surface area contributed by atoms with Gasteiger partial charge >= 0.3 is 0 Å². The third-order valence-electron chi connectivity index (χ3n) is 3.48. The average Bonchev–Trinajstić information content (AvgIpc) is 2.23. The van der Waals surface area contributed by atoms with Gasteiger partial charge in [-0.05, 0) is 32.2 Å². The minimum Gasteiger partial charge on any atom is -0.392 e. The summed E-state index contributed by atoms with van der Waals surface area (Å²) in [5.41, 5.74) is 0. The van der Waals surface area contributed by atoms with Crippen molar-refractivity contribution in [2.24, 2.45) is 0 Å². The summed E-state index contributed by atoms with van der Waals surface area (Å²) >= 11 is 0. The second-order valence-electron chi connectivity index (χ2n) is 4.67. The summed E-state index contributed by atoms with van der Waals surface area (Å²) in [5, 5.41) is 16.8. The first-order valence-corrected chi connectivity index (χ1v) is 6.01. The molecule has 1 saturated carbocycles. The summed E-state index contributed by atoms with van der Waals surface area (Å²) in [7, 11) is 0. The molecule has 2 aliphatic rings. The van der Waals surface area contributed by atoms with Crippen LogP contribution < -0.4 is 10.6 Å². The molecule has 0 aromatic carbocycles. The zero-order valence-electron chi connectivity index (χ0n) is 8.84. The van der Waals surface area contributed by atoms with Gasteiger partial charge in [0, 0.05) is 18.6 Å². The molecule has 82 valence electrons. The minimum atomic E-state index is -0.106. The monoisotopic (exact) mass is 198 g/mol. The van der Waals surface area contributed by atoms with Gasteiger partial charge in [-0.25, -0.2) is 0 Å². The number of rotatable bonds is 2. The third-order valence-corrected chi connectivity index (χ3v) is 3.48. The van der Waals surface area contributed by atoms with Crippen LogP contribution in [0.15, 0.2) is 0 Å². The first-order chi connectivity index (χ1) is 6.86. The molecule has 1 heterocycles. The van der Waals surface area contributed by atoms with Gasteiger partial charge in [0.25, 0.3) is 0 Å². The number of hydrogen-bond acceptors (Lipinski definition) is 3. The lowest BCUT2D eigenvalue weighted by Gasteiger charge is -2.34. The Hall–Kier alpha value is -0.120. The van der Waals surface area contributed by atoms with E-state index in [1.54, 1.807) is 0 Å². The summed E-state index contributed by atoms with van der Waals surface area (Å²) in [6.07, 6.45) is 7.02. The van der Waals surface area contributed by atoms with E-state index in [-0.39, 0.29) is 6.10 Å². The first kappa shape index (κ1) is 10.4. The SMILES string of the molecule is OC1CCCCC1NC1CCCNC1. The van der Waals surface area contributed by atoms with Crippen molar-refractivity contribution in [1.29, 1.82) is 0 Å². The second kappa shape index (κ2) is 5.10. The Balaban J connectivity index is 1.76. The van der Waals surface area contributed by atoms with E-state index in [9.17, 15) is 5.11 Å². The second-order valence-corrected chi connectivity index (χ2v) is 4.67. The minimum absolute atomic E-state index is 0.106. The molecule has 2 fully saturated rings. The van der Waals surface area contributed by atoms with Gasteiger partial charge in [0.1, 0.15) is 0 Å². The van der Waals surface area contributed by atoms with Crippen LogP contribution in [-0.4, -0.2) is 36.4 Å². The highest BCUT2D eigenvalue weighted by atomic mass is 16.3. The van der Waals surface area contributed by atoms with Crippen LogP contribution in [0.1, 0.15) is 38.5 Å². The largest absolute Gasteiger partial charge is 0.392 e. The van der Waals surface area contributed by atoms with Crippen molar-refractivity contribution in [2.75, 3.05) is 13.1 Å². The Labute approximate surface area is 86.3 Å². The normalized spacial score (nSPS) is 39.6. The fourth-order valence-electron chi connectivity index (χ4n) is 2.60. The van der Waals surface area contributed by atoms with Gasteiger partial charge < -0.3 is 15.7 Å². The number of aliphatic hydroxyl groups excluding tert-OH is 1. The number of nitrogens with one attached hydrogen (secondary N) is 2. The number of hydrogen-bond donors (Lipinski definition) is 3. The van der Waals surface area contributed by atoms with Crippen molar-refractivity contribution in [1.82, 2.24) is 10.6 Å². The molecule has 2 rings (SSSR count).